The Labute approximate surface area is 74.5 Å². The molecule has 0 saturated carbocycles. The number of halogens is 1. The van der Waals surface area contributed by atoms with Gasteiger partial charge < -0.3 is 0 Å². The van der Waals surface area contributed by atoms with Gasteiger partial charge in [0.15, 0.2) is 0 Å². The van der Waals surface area contributed by atoms with Crippen molar-refractivity contribution in [2.24, 2.45) is 0 Å². The van der Waals surface area contributed by atoms with E-state index in [1.807, 2.05) is 19.1 Å². The first-order chi connectivity index (χ1) is 5.57. The number of allylic oxidation sites excluding steroid dienone is 5. The zero-order chi connectivity index (χ0) is 9.56. The second kappa shape index (κ2) is 5.76. The minimum absolute atomic E-state index is 0.0462. The maximum absolute atomic E-state index is 12.9. The highest BCUT2D eigenvalue weighted by Crippen LogP contribution is 2.10. The van der Waals surface area contributed by atoms with Crippen LogP contribution in [0.25, 0.3) is 0 Å². The summed E-state index contributed by atoms with van der Waals surface area (Å²) in [5.74, 6) is -0.0462. The monoisotopic (exact) mass is 168 g/mol. The highest BCUT2D eigenvalue weighted by molar-refractivity contribution is 5.16. The first kappa shape index (κ1) is 11.2. The Kier molecular flexibility index (Phi) is 5.35. The molecule has 0 aliphatic rings. The highest BCUT2D eigenvalue weighted by Gasteiger charge is 1.92. The minimum Gasteiger partial charge on any atom is -0.212 e. The summed E-state index contributed by atoms with van der Waals surface area (Å²) >= 11 is 0. The third kappa shape index (κ3) is 4.89. The van der Waals surface area contributed by atoms with Crippen LogP contribution < -0.4 is 0 Å². The van der Waals surface area contributed by atoms with Crippen molar-refractivity contribution >= 4 is 0 Å². The lowest BCUT2D eigenvalue weighted by Crippen LogP contribution is -1.76. The SMILES string of the molecule is C=C(C=CCC(F)=C(C)C)CC. The Bertz CT molecular complexity index is 205. The molecule has 0 N–H and O–H groups in total. The summed E-state index contributed by atoms with van der Waals surface area (Å²) in [6.45, 7) is 9.37. The van der Waals surface area contributed by atoms with Crippen molar-refractivity contribution in [3.63, 3.8) is 0 Å². The van der Waals surface area contributed by atoms with Gasteiger partial charge in [-0.1, -0.05) is 31.2 Å². The molecule has 1 heteroatoms. The van der Waals surface area contributed by atoms with Gasteiger partial charge in [-0.2, -0.15) is 0 Å². The molecule has 0 nitrogen and oxygen atoms in total. The summed E-state index contributed by atoms with van der Waals surface area (Å²) < 4.78 is 12.9. The molecule has 0 heterocycles. The summed E-state index contributed by atoms with van der Waals surface area (Å²) in [7, 11) is 0. The van der Waals surface area contributed by atoms with Crippen molar-refractivity contribution in [2.75, 3.05) is 0 Å². The van der Waals surface area contributed by atoms with Crippen LogP contribution in [0.3, 0.4) is 0 Å². The molecule has 0 aliphatic heterocycles. The van der Waals surface area contributed by atoms with E-state index in [-0.39, 0.29) is 5.83 Å². The van der Waals surface area contributed by atoms with Gasteiger partial charge in [0.05, 0.1) is 0 Å². The lowest BCUT2D eigenvalue weighted by Gasteiger charge is -1.94. The molecule has 68 valence electrons. The summed E-state index contributed by atoms with van der Waals surface area (Å²) in [5.41, 5.74) is 1.79. The van der Waals surface area contributed by atoms with Crippen LogP contribution >= 0.6 is 0 Å². The van der Waals surface area contributed by atoms with Crippen LogP contribution in [0.4, 0.5) is 4.39 Å². The van der Waals surface area contributed by atoms with Gasteiger partial charge in [-0.15, -0.1) is 0 Å². The Morgan fingerprint density at radius 1 is 1.42 bits per heavy atom. The van der Waals surface area contributed by atoms with E-state index in [0.29, 0.717) is 6.42 Å². The summed E-state index contributed by atoms with van der Waals surface area (Å²) in [4.78, 5) is 0. The van der Waals surface area contributed by atoms with Gasteiger partial charge in [0.2, 0.25) is 0 Å². The topological polar surface area (TPSA) is 0 Å². The van der Waals surface area contributed by atoms with E-state index in [9.17, 15) is 4.39 Å². The van der Waals surface area contributed by atoms with E-state index < -0.39 is 0 Å². The molecule has 12 heavy (non-hydrogen) atoms. The molecular weight excluding hydrogens is 151 g/mol. The quantitative estimate of drug-likeness (QED) is 0.553. The molecule has 0 spiro atoms. The van der Waals surface area contributed by atoms with Crippen molar-refractivity contribution in [2.45, 2.75) is 33.6 Å². The molecule has 0 aromatic heterocycles. The van der Waals surface area contributed by atoms with E-state index in [0.717, 1.165) is 17.6 Å². The zero-order valence-corrected chi connectivity index (χ0v) is 8.15. The average molecular weight is 168 g/mol. The third-order valence-electron chi connectivity index (χ3n) is 1.65. The van der Waals surface area contributed by atoms with Crippen LogP contribution in [0, 0.1) is 0 Å². The van der Waals surface area contributed by atoms with Crippen LogP contribution in [0.15, 0.2) is 35.7 Å². The van der Waals surface area contributed by atoms with E-state index >= 15 is 0 Å². The van der Waals surface area contributed by atoms with Crippen molar-refractivity contribution in [3.05, 3.63) is 35.7 Å². The first-order valence-electron chi connectivity index (χ1n) is 4.24. The fraction of sp³-hybridized carbons (Fsp3) is 0.455. The largest absolute Gasteiger partial charge is 0.212 e. The van der Waals surface area contributed by atoms with Gasteiger partial charge in [-0.25, -0.2) is 4.39 Å². The summed E-state index contributed by atoms with van der Waals surface area (Å²) in [6, 6.07) is 0. The summed E-state index contributed by atoms with van der Waals surface area (Å²) in [6.07, 6.45) is 5.00. The Morgan fingerprint density at radius 3 is 2.42 bits per heavy atom. The van der Waals surface area contributed by atoms with Gasteiger partial charge in [-0.3, -0.25) is 0 Å². The average Bonchev–Trinajstić information content (AvgIpc) is 2.03. The molecule has 0 saturated heterocycles. The second-order valence-corrected chi connectivity index (χ2v) is 3.02. The number of hydrogen-bond acceptors (Lipinski definition) is 0. The van der Waals surface area contributed by atoms with E-state index in [1.54, 1.807) is 13.8 Å². The molecule has 0 amide bonds. The van der Waals surface area contributed by atoms with E-state index in [1.165, 1.54) is 0 Å². The van der Waals surface area contributed by atoms with Crippen LogP contribution in [-0.2, 0) is 0 Å². The van der Waals surface area contributed by atoms with Crippen molar-refractivity contribution < 1.29 is 4.39 Å². The Balaban J connectivity index is 3.92. The lowest BCUT2D eigenvalue weighted by atomic mass is 10.2. The van der Waals surface area contributed by atoms with Crippen molar-refractivity contribution in [1.82, 2.24) is 0 Å². The fourth-order valence-electron chi connectivity index (χ4n) is 0.651. The molecule has 0 aromatic rings. The maximum atomic E-state index is 12.9. The molecule has 0 radical (unpaired) electrons. The predicted octanol–water partition coefficient (Wildman–Crippen LogP) is 4.16. The van der Waals surface area contributed by atoms with Crippen LogP contribution in [0.5, 0.6) is 0 Å². The number of hydrogen-bond donors (Lipinski definition) is 0. The lowest BCUT2D eigenvalue weighted by molar-refractivity contribution is 0.605. The molecule has 0 bridgehead atoms. The molecule has 0 atom stereocenters. The Morgan fingerprint density at radius 2 is 2.00 bits per heavy atom. The van der Waals surface area contributed by atoms with Crippen LogP contribution in [0.1, 0.15) is 33.6 Å². The van der Waals surface area contributed by atoms with Gasteiger partial charge in [-0.05, 0) is 25.8 Å². The zero-order valence-electron chi connectivity index (χ0n) is 8.15. The third-order valence-corrected chi connectivity index (χ3v) is 1.65. The van der Waals surface area contributed by atoms with E-state index in [4.69, 9.17) is 0 Å². The molecule has 0 aliphatic carbocycles. The highest BCUT2D eigenvalue weighted by atomic mass is 19.1. The maximum Gasteiger partial charge on any atom is 0.102 e. The van der Waals surface area contributed by atoms with Crippen LogP contribution in [-0.4, -0.2) is 0 Å². The van der Waals surface area contributed by atoms with E-state index in [2.05, 4.69) is 6.58 Å². The molecule has 0 aromatic carbocycles. The van der Waals surface area contributed by atoms with Gasteiger partial charge in [0, 0.05) is 6.42 Å². The summed E-state index contributed by atoms with van der Waals surface area (Å²) in [5, 5.41) is 0. The number of rotatable bonds is 4. The molecule has 0 unspecified atom stereocenters. The van der Waals surface area contributed by atoms with Crippen LogP contribution in [0.2, 0.25) is 0 Å². The van der Waals surface area contributed by atoms with Crippen molar-refractivity contribution in [1.29, 1.82) is 0 Å². The van der Waals surface area contributed by atoms with Crippen molar-refractivity contribution in [3.8, 4) is 0 Å². The second-order valence-electron chi connectivity index (χ2n) is 3.02. The molecule has 0 rings (SSSR count). The minimum atomic E-state index is -0.0462. The standard InChI is InChI=1S/C11H17F/c1-5-10(4)7-6-8-11(12)9(2)3/h6-7H,4-5,8H2,1-3H3. The first-order valence-corrected chi connectivity index (χ1v) is 4.24. The normalized spacial score (nSPS) is 10.3. The predicted molar refractivity (Wildman–Crippen MR) is 52.7 cm³/mol. The fourth-order valence-corrected chi connectivity index (χ4v) is 0.651. The smallest absolute Gasteiger partial charge is 0.102 e. The van der Waals surface area contributed by atoms with Gasteiger partial charge in [0.25, 0.3) is 0 Å². The van der Waals surface area contributed by atoms with Gasteiger partial charge >= 0.3 is 0 Å². The van der Waals surface area contributed by atoms with Gasteiger partial charge in [0.1, 0.15) is 5.83 Å². The molecule has 0 fully saturated rings. The molecular formula is C11H17F. The Hall–Kier alpha value is -0.850.